The number of hydrogen-bond acceptors (Lipinski definition) is 6. The first-order chi connectivity index (χ1) is 18.0. The predicted octanol–water partition coefficient (Wildman–Crippen LogP) is 3.82. The van der Waals surface area contributed by atoms with Gasteiger partial charge in [0.1, 0.15) is 0 Å². The van der Waals surface area contributed by atoms with Crippen LogP contribution in [-0.4, -0.2) is 46.6 Å². The Morgan fingerprint density at radius 1 is 1.16 bits per heavy atom. The number of nitrogens with one attached hydrogen (secondary N) is 2. The zero-order chi connectivity index (χ0) is 25.9. The summed E-state index contributed by atoms with van der Waals surface area (Å²) in [6.07, 6.45) is 1.98. The summed E-state index contributed by atoms with van der Waals surface area (Å²) in [5, 5.41) is 9.50. The number of benzene rings is 2. The normalized spacial score (nSPS) is 15.5. The minimum absolute atomic E-state index is 0.0854. The molecule has 2 aromatic heterocycles. The molecular weight excluding hydrogens is 462 g/mol. The first-order valence-corrected chi connectivity index (χ1v) is 12.7. The maximum atomic E-state index is 13.7. The van der Waals surface area contributed by atoms with Gasteiger partial charge >= 0.3 is 0 Å². The largest absolute Gasteiger partial charge is 0.371 e. The van der Waals surface area contributed by atoms with Gasteiger partial charge in [0.05, 0.1) is 24.3 Å². The number of para-hydroxylation sites is 1. The third-order valence-electron chi connectivity index (χ3n) is 6.91. The Kier molecular flexibility index (Phi) is 6.97. The Labute approximate surface area is 217 Å². The van der Waals surface area contributed by atoms with Crippen molar-refractivity contribution < 1.29 is 4.79 Å². The van der Waals surface area contributed by atoms with E-state index in [9.17, 15) is 4.79 Å². The molecule has 1 fully saturated rings. The topological polar surface area (TPSA) is 101 Å². The van der Waals surface area contributed by atoms with Crippen LogP contribution < -0.4 is 21.3 Å². The van der Waals surface area contributed by atoms with Crippen molar-refractivity contribution >= 4 is 39.3 Å². The summed E-state index contributed by atoms with van der Waals surface area (Å²) in [4.78, 5) is 25.5. The molecule has 8 nitrogen and oxygen atoms in total. The van der Waals surface area contributed by atoms with Crippen LogP contribution in [0.15, 0.2) is 42.5 Å². The molecule has 1 unspecified atom stereocenters. The fourth-order valence-electron chi connectivity index (χ4n) is 5.11. The molecule has 8 heteroatoms. The molecule has 1 aliphatic rings. The summed E-state index contributed by atoms with van der Waals surface area (Å²) < 4.78 is 1.89. The number of piperidine rings is 1. The second-order valence-corrected chi connectivity index (χ2v) is 9.53. The number of hydrogen-bond donors (Lipinski definition) is 3. The molecule has 0 spiro atoms. The Morgan fingerprint density at radius 3 is 2.78 bits per heavy atom. The number of carbonyl (C=O) groups excluding carboxylic acids is 1. The van der Waals surface area contributed by atoms with Crippen LogP contribution in [0.4, 0.5) is 11.8 Å². The highest BCUT2D eigenvalue weighted by molar-refractivity contribution is 6.07. The Morgan fingerprint density at radius 2 is 2.00 bits per heavy atom. The molecule has 0 saturated carbocycles. The number of pyridine rings is 1. The van der Waals surface area contributed by atoms with E-state index in [-0.39, 0.29) is 11.9 Å². The van der Waals surface area contributed by atoms with Crippen LogP contribution in [-0.2, 0) is 13.1 Å². The van der Waals surface area contributed by atoms with E-state index < -0.39 is 0 Å². The molecule has 37 heavy (non-hydrogen) atoms. The molecule has 0 radical (unpaired) electrons. The summed E-state index contributed by atoms with van der Waals surface area (Å²) in [7, 11) is 1.78. The van der Waals surface area contributed by atoms with Gasteiger partial charge in [0.25, 0.3) is 5.91 Å². The number of nitrogens with two attached hydrogens (primary N) is 1. The van der Waals surface area contributed by atoms with Gasteiger partial charge in [-0.3, -0.25) is 14.3 Å². The number of aryl methyl sites for hydroxylation is 1. The smallest absolute Gasteiger partial charge is 0.272 e. The number of anilines is 2. The van der Waals surface area contributed by atoms with Crippen molar-refractivity contribution in [1.29, 1.82) is 0 Å². The number of nitrogens with zero attached hydrogens (tertiary/aromatic N) is 4. The average Bonchev–Trinajstić information content (AvgIpc) is 3.29. The summed E-state index contributed by atoms with van der Waals surface area (Å²) in [5.41, 5.74) is 9.60. The fourth-order valence-corrected chi connectivity index (χ4v) is 5.11. The predicted molar refractivity (Wildman–Crippen MR) is 150 cm³/mol. The molecule has 4 N–H and O–H groups in total. The molecule has 190 valence electrons. The van der Waals surface area contributed by atoms with Crippen LogP contribution in [0, 0.1) is 18.8 Å². The third-order valence-corrected chi connectivity index (χ3v) is 6.91. The molecule has 1 amide bonds. The molecule has 1 saturated heterocycles. The number of imidazole rings is 1. The zero-order valence-electron chi connectivity index (χ0n) is 21.6. The van der Waals surface area contributed by atoms with Crippen LogP contribution in [0.1, 0.15) is 41.5 Å². The average molecular weight is 496 g/mol. The lowest BCUT2D eigenvalue weighted by Crippen LogP contribution is -2.44. The minimum atomic E-state index is -0.224. The van der Waals surface area contributed by atoms with E-state index in [0.29, 0.717) is 31.1 Å². The number of amides is 1. The molecule has 0 aliphatic carbocycles. The maximum Gasteiger partial charge on any atom is 0.272 e. The highest BCUT2D eigenvalue weighted by Crippen LogP contribution is 2.29. The standard InChI is InChI=1S/C29H33N7O/c1-4-5-15-36-26(27(31-3)34-29(36)35-14-8-9-20(30)18-35)28(37)32-17-25-23-16-19(2)12-13-21(23)22-10-6-7-11-24(22)33-25/h6-7,10-13,16,20,31H,8-9,14-15,17-18,30H2,1-3H3,(H,32,37). The first kappa shape index (κ1) is 24.6. The van der Waals surface area contributed by atoms with Crippen LogP contribution in [0.2, 0.25) is 0 Å². The van der Waals surface area contributed by atoms with E-state index in [0.717, 1.165) is 58.3 Å². The second-order valence-electron chi connectivity index (χ2n) is 9.53. The van der Waals surface area contributed by atoms with E-state index in [1.807, 2.05) is 22.8 Å². The highest BCUT2D eigenvalue weighted by atomic mass is 16.2. The molecule has 3 heterocycles. The number of fused-ring (bicyclic) bond motifs is 3. The maximum absolute atomic E-state index is 13.7. The van der Waals surface area contributed by atoms with Gasteiger partial charge in [0.15, 0.2) is 11.5 Å². The number of rotatable bonds is 6. The Hall–Kier alpha value is -4.09. The van der Waals surface area contributed by atoms with Gasteiger partial charge in [-0.2, -0.15) is 4.98 Å². The monoisotopic (exact) mass is 495 g/mol. The van der Waals surface area contributed by atoms with E-state index in [4.69, 9.17) is 15.7 Å². The van der Waals surface area contributed by atoms with Crippen molar-refractivity contribution in [2.24, 2.45) is 5.73 Å². The summed E-state index contributed by atoms with van der Waals surface area (Å²) in [6, 6.07) is 14.6. The van der Waals surface area contributed by atoms with Gasteiger partial charge < -0.3 is 21.3 Å². The number of carbonyl (C=O) groups is 1. The van der Waals surface area contributed by atoms with Crippen molar-refractivity contribution in [1.82, 2.24) is 19.9 Å². The molecule has 1 aliphatic heterocycles. The molecule has 1 atom stereocenters. The second kappa shape index (κ2) is 10.5. The Bertz CT molecular complexity index is 1530. The van der Waals surface area contributed by atoms with Crippen LogP contribution in [0.5, 0.6) is 0 Å². The third kappa shape index (κ3) is 4.83. The van der Waals surface area contributed by atoms with Crippen LogP contribution in [0.3, 0.4) is 0 Å². The number of aromatic nitrogens is 3. The van der Waals surface area contributed by atoms with Gasteiger partial charge in [0, 0.05) is 37.0 Å². The van der Waals surface area contributed by atoms with Gasteiger partial charge in [-0.25, -0.2) is 0 Å². The van der Waals surface area contributed by atoms with Gasteiger partial charge in [0.2, 0.25) is 5.95 Å². The quantitative estimate of drug-likeness (QED) is 0.278. The van der Waals surface area contributed by atoms with Crippen molar-refractivity contribution in [2.75, 3.05) is 30.4 Å². The zero-order valence-corrected chi connectivity index (χ0v) is 21.6. The summed E-state index contributed by atoms with van der Waals surface area (Å²) >= 11 is 0. The van der Waals surface area contributed by atoms with Crippen molar-refractivity contribution in [3.05, 3.63) is 59.4 Å². The van der Waals surface area contributed by atoms with E-state index in [1.165, 1.54) is 0 Å². The molecule has 5 rings (SSSR count). The minimum Gasteiger partial charge on any atom is -0.371 e. The molecule has 2 aromatic carbocycles. The first-order valence-electron chi connectivity index (χ1n) is 12.7. The molecular formula is C29H33N7O. The lowest BCUT2D eigenvalue weighted by atomic mass is 10.0. The lowest BCUT2D eigenvalue weighted by molar-refractivity contribution is 0.0943. The van der Waals surface area contributed by atoms with Crippen molar-refractivity contribution in [2.45, 2.75) is 45.8 Å². The summed E-state index contributed by atoms with van der Waals surface area (Å²) in [6.45, 7) is 6.07. The van der Waals surface area contributed by atoms with E-state index in [1.54, 1.807) is 14.0 Å². The summed E-state index contributed by atoms with van der Waals surface area (Å²) in [5.74, 6) is 7.07. The fraction of sp³-hybridized carbons (Fsp3) is 0.345. The molecule has 0 bridgehead atoms. The lowest BCUT2D eigenvalue weighted by Gasteiger charge is -2.31. The van der Waals surface area contributed by atoms with Crippen LogP contribution in [0.25, 0.3) is 21.7 Å². The van der Waals surface area contributed by atoms with Gasteiger partial charge in [-0.15, -0.1) is 5.92 Å². The Balaban J connectivity index is 1.51. The van der Waals surface area contributed by atoms with E-state index in [2.05, 4.69) is 58.6 Å². The van der Waals surface area contributed by atoms with E-state index >= 15 is 0 Å². The van der Waals surface area contributed by atoms with Gasteiger partial charge in [-0.05, 0) is 44.2 Å². The van der Waals surface area contributed by atoms with Crippen molar-refractivity contribution in [3.8, 4) is 11.8 Å². The van der Waals surface area contributed by atoms with Gasteiger partial charge in [-0.1, -0.05) is 41.8 Å². The van der Waals surface area contributed by atoms with Crippen molar-refractivity contribution in [3.63, 3.8) is 0 Å². The SMILES string of the molecule is CC#CCn1c(N2CCCC(N)C2)nc(NC)c1C(=O)NCc1nc2ccccc2c2ccc(C)cc12. The van der Waals surface area contributed by atoms with Crippen LogP contribution >= 0.6 is 0 Å². The molecule has 4 aromatic rings. The highest BCUT2D eigenvalue weighted by Gasteiger charge is 2.28.